The molecule has 0 N–H and O–H groups in total. The molecule has 0 fully saturated rings. The van der Waals surface area contributed by atoms with Crippen molar-refractivity contribution < 1.29 is 9.47 Å². The fraction of sp³-hybridized carbons (Fsp3) is 0.143. The quantitative estimate of drug-likeness (QED) is 0.752. The number of rotatable bonds is 5. The fourth-order valence-corrected chi connectivity index (χ4v) is 1.75. The molecule has 0 bridgehead atoms. The van der Waals surface area contributed by atoms with Crippen molar-refractivity contribution >= 4 is 10.2 Å². The van der Waals surface area contributed by atoms with Crippen LogP contribution in [0.1, 0.15) is 5.56 Å². The molecule has 88 valence electrons. The van der Waals surface area contributed by atoms with Gasteiger partial charge in [-0.15, -0.1) is 0 Å². The van der Waals surface area contributed by atoms with Crippen LogP contribution in [-0.2, 0) is 11.3 Å². The lowest BCUT2D eigenvalue weighted by atomic mass is 10.2. The molecule has 0 heterocycles. The second-order valence-corrected chi connectivity index (χ2v) is 4.28. The van der Waals surface area contributed by atoms with Crippen molar-refractivity contribution in [3.05, 3.63) is 60.2 Å². The van der Waals surface area contributed by atoms with Gasteiger partial charge in [-0.25, -0.2) is 0 Å². The molecule has 0 radical (unpaired) electrons. The maximum atomic E-state index is 5.75. The molecule has 0 aliphatic carbocycles. The standard InChI is InChI=1S/C14H16O2Si/c17-11-15-10-12-5-4-8-14(9-12)16-13-6-2-1-3-7-13/h1-9H,10-11H2,17H3. The van der Waals surface area contributed by atoms with Crippen LogP contribution in [0.3, 0.4) is 0 Å². The van der Waals surface area contributed by atoms with Crippen LogP contribution in [0.25, 0.3) is 0 Å². The van der Waals surface area contributed by atoms with E-state index in [-0.39, 0.29) is 0 Å². The van der Waals surface area contributed by atoms with Gasteiger partial charge in [0.25, 0.3) is 0 Å². The average Bonchev–Trinajstić information content (AvgIpc) is 2.38. The van der Waals surface area contributed by atoms with Gasteiger partial charge in [0.1, 0.15) is 11.5 Å². The maximum absolute atomic E-state index is 5.75. The van der Waals surface area contributed by atoms with Gasteiger partial charge in [0.05, 0.1) is 6.61 Å². The molecule has 3 heteroatoms. The van der Waals surface area contributed by atoms with E-state index in [4.69, 9.17) is 9.47 Å². The average molecular weight is 244 g/mol. The van der Waals surface area contributed by atoms with Gasteiger partial charge in [-0.2, -0.15) is 0 Å². The van der Waals surface area contributed by atoms with Crippen LogP contribution in [0.4, 0.5) is 0 Å². The van der Waals surface area contributed by atoms with Crippen molar-refractivity contribution in [3.63, 3.8) is 0 Å². The lowest BCUT2D eigenvalue weighted by molar-refractivity contribution is 0.165. The first-order chi connectivity index (χ1) is 8.38. The third-order valence-electron chi connectivity index (χ3n) is 2.35. The maximum Gasteiger partial charge on any atom is 0.127 e. The largest absolute Gasteiger partial charge is 0.457 e. The molecule has 0 aliphatic rings. The van der Waals surface area contributed by atoms with E-state index in [1.165, 1.54) is 0 Å². The number of hydrogen-bond acceptors (Lipinski definition) is 2. The summed E-state index contributed by atoms with van der Waals surface area (Å²) in [5.74, 6) is 1.71. The number of hydrogen-bond donors (Lipinski definition) is 0. The number of para-hydroxylation sites is 1. The van der Waals surface area contributed by atoms with Gasteiger partial charge in [-0.1, -0.05) is 30.3 Å². The zero-order valence-electron chi connectivity index (χ0n) is 9.93. The molecule has 0 amide bonds. The van der Waals surface area contributed by atoms with Crippen LogP contribution < -0.4 is 4.74 Å². The van der Waals surface area contributed by atoms with Gasteiger partial charge in [0.2, 0.25) is 0 Å². The molecule has 2 aromatic carbocycles. The minimum atomic E-state index is 0.662. The summed E-state index contributed by atoms with van der Waals surface area (Å²) in [7, 11) is 1.08. The minimum Gasteiger partial charge on any atom is -0.457 e. The molecular weight excluding hydrogens is 228 g/mol. The normalized spacial score (nSPS) is 10.4. The van der Waals surface area contributed by atoms with Crippen molar-refractivity contribution in [1.29, 1.82) is 0 Å². The summed E-state index contributed by atoms with van der Waals surface area (Å²) < 4.78 is 11.2. The molecule has 2 aromatic rings. The molecule has 2 rings (SSSR count). The van der Waals surface area contributed by atoms with Gasteiger partial charge in [-0.05, 0) is 29.8 Å². The van der Waals surface area contributed by atoms with Crippen molar-refractivity contribution in [1.82, 2.24) is 0 Å². The van der Waals surface area contributed by atoms with E-state index < -0.39 is 0 Å². The van der Waals surface area contributed by atoms with Gasteiger partial charge in [-0.3, -0.25) is 0 Å². The van der Waals surface area contributed by atoms with Gasteiger partial charge < -0.3 is 9.47 Å². The summed E-state index contributed by atoms with van der Waals surface area (Å²) in [6.45, 7) is 0.662. The molecule has 0 spiro atoms. The van der Waals surface area contributed by atoms with Crippen molar-refractivity contribution in [2.24, 2.45) is 0 Å². The highest BCUT2D eigenvalue weighted by molar-refractivity contribution is 6.08. The molecule has 0 saturated carbocycles. The monoisotopic (exact) mass is 244 g/mol. The molecule has 0 atom stereocenters. The molecule has 0 aromatic heterocycles. The topological polar surface area (TPSA) is 18.5 Å². The lowest BCUT2D eigenvalue weighted by Gasteiger charge is -2.07. The van der Waals surface area contributed by atoms with E-state index in [0.717, 1.165) is 33.5 Å². The first-order valence-corrected chi connectivity index (χ1v) is 7.19. The lowest BCUT2D eigenvalue weighted by Crippen LogP contribution is -1.94. The fourth-order valence-electron chi connectivity index (χ4n) is 1.54. The van der Waals surface area contributed by atoms with Crippen LogP contribution in [0.2, 0.25) is 0 Å². The Bertz CT molecular complexity index is 457. The summed E-state index contributed by atoms with van der Waals surface area (Å²) in [5.41, 5.74) is 1.15. The highest BCUT2D eigenvalue weighted by atomic mass is 28.1. The summed E-state index contributed by atoms with van der Waals surface area (Å²) >= 11 is 0. The highest BCUT2D eigenvalue weighted by Crippen LogP contribution is 2.21. The van der Waals surface area contributed by atoms with E-state index in [2.05, 4.69) is 6.07 Å². The van der Waals surface area contributed by atoms with Crippen LogP contribution >= 0.6 is 0 Å². The minimum absolute atomic E-state index is 0.662. The zero-order valence-corrected chi connectivity index (χ0v) is 11.9. The van der Waals surface area contributed by atoms with Crippen LogP contribution in [0, 0.1) is 0 Å². The van der Waals surface area contributed by atoms with Crippen LogP contribution in [0.15, 0.2) is 54.6 Å². The number of ether oxygens (including phenoxy) is 2. The Morgan fingerprint density at radius 1 is 0.882 bits per heavy atom. The third kappa shape index (κ3) is 3.73. The molecular formula is C14H16O2Si. The van der Waals surface area contributed by atoms with Crippen molar-refractivity contribution in [3.8, 4) is 11.5 Å². The first-order valence-electron chi connectivity index (χ1n) is 5.78. The predicted octanol–water partition coefficient (Wildman–Crippen LogP) is 2.32. The predicted molar refractivity (Wildman–Crippen MR) is 72.6 cm³/mol. The van der Waals surface area contributed by atoms with E-state index in [1.54, 1.807) is 0 Å². The second-order valence-electron chi connectivity index (χ2n) is 3.70. The Hall–Kier alpha value is -1.58. The molecule has 0 unspecified atom stereocenters. The van der Waals surface area contributed by atoms with Crippen molar-refractivity contribution in [2.75, 3.05) is 6.23 Å². The highest BCUT2D eigenvalue weighted by Gasteiger charge is 1.98. The first kappa shape index (κ1) is 11.9. The van der Waals surface area contributed by atoms with E-state index in [0.29, 0.717) is 6.61 Å². The zero-order chi connectivity index (χ0) is 11.9. The SMILES string of the molecule is [SiH3]COCc1cccc(Oc2ccccc2)c1. The van der Waals surface area contributed by atoms with Crippen molar-refractivity contribution in [2.45, 2.75) is 6.61 Å². The van der Waals surface area contributed by atoms with Gasteiger partial charge in [0.15, 0.2) is 0 Å². The van der Waals surface area contributed by atoms with Crippen LogP contribution in [-0.4, -0.2) is 16.5 Å². The Kier molecular flexibility index (Phi) is 4.35. The summed E-state index contributed by atoms with van der Waals surface area (Å²) in [6.07, 6.45) is 0.865. The Morgan fingerprint density at radius 3 is 2.41 bits per heavy atom. The molecule has 17 heavy (non-hydrogen) atoms. The van der Waals surface area contributed by atoms with Gasteiger partial charge >= 0.3 is 0 Å². The summed E-state index contributed by atoms with van der Waals surface area (Å²) in [4.78, 5) is 0. The van der Waals surface area contributed by atoms with E-state index >= 15 is 0 Å². The van der Waals surface area contributed by atoms with Crippen LogP contribution in [0.5, 0.6) is 11.5 Å². The molecule has 0 aliphatic heterocycles. The Labute approximate surface area is 105 Å². The molecule has 0 saturated heterocycles. The Morgan fingerprint density at radius 2 is 1.65 bits per heavy atom. The summed E-state index contributed by atoms with van der Waals surface area (Å²) in [5, 5.41) is 0. The van der Waals surface area contributed by atoms with Gasteiger partial charge in [0, 0.05) is 16.5 Å². The second kappa shape index (κ2) is 6.23. The third-order valence-corrected chi connectivity index (χ3v) is 2.76. The van der Waals surface area contributed by atoms with E-state index in [9.17, 15) is 0 Å². The number of benzene rings is 2. The Balaban J connectivity index is 2.06. The molecule has 2 nitrogen and oxygen atoms in total. The van der Waals surface area contributed by atoms with E-state index in [1.807, 2.05) is 48.5 Å². The smallest absolute Gasteiger partial charge is 0.127 e. The summed E-state index contributed by atoms with van der Waals surface area (Å²) in [6, 6.07) is 17.8.